The lowest BCUT2D eigenvalue weighted by atomic mass is 10.2. The summed E-state index contributed by atoms with van der Waals surface area (Å²) in [5.41, 5.74) is 2.66. The lowest BCUT2D eigenvalue weighted by Crippen LogP contribution is -2.11. The van der Waals surface area contributed by atoms with Gasteiger partial charge in [-0.3, -0.25) is 0 Å². The Kier molecular flexibility index (Phi) is 3.07. The third-order valence-corrected chi connectivity index (χ3v) is 3.64. The lowest BCUT2D eigenvalue weighted by Gasteiger charge is -2.06. The number of nitrogens with one attached hydrogen (secondary N) is 1. The lowest BCUT2D eigenvalue weighted by molar-refractivity contribution is 0.785. The molecule has 0 radical (unpaired) electrons. The topological polar surface area (TPSA) is 63.8 Å². The number of aromatic nitrogens is 2. The zero-order chi connectivity index (χ0) is 11.7. The summed E-state index contributed by atoms with van der Waals surface area (Å²) in [6, 6.07) is 2.11. The molecular formula is C11H16N4S. The van der Waals surface area contributed by atoms with Crippen LogP contribution in [0.2, 0.25) is 0 Å². The molecule has 0 unspecified atom stereocenters. The van der Waals surface area contributed by atoms with Crippen molar-refractivity contribution in [1.29, 1.82) is 0 Å². The number of nitrogens with two attached hydrogens (primary N) is 1. The minimum absolute atomic E-state index is 0.309. The Morgan fingerprint density at radius 3 is 2.75 bits per heavy atom. The van der Waals surface area contributed by atoms with Gasteiger partial charge in [0.25, 0.3) is 0 Å². The number of nitrogen functional groups attached to an aromatic ring is 1. The average molecular weight is 236 g/mol. The zero-order valence-electron chi connectivity index (χ0n) is 9.74. The number of aryl methyl sites for hydroxylation is 1. The van der Waals surface area contributed by atoms with Crippen LogP contribution in [0.1, 0.15) is 37.4 Å². The van der Waals surface area contributed by atoms with Crippen LogP contribution in [0.25, 0.3) is 10.2 Å². The van der Waals surface area contributed by atoms with Crippen molar-refractivity contribution in [1.82, 2.24) is 9.97 Å². The molecule has 3 N–H and O–H groups in total. The minimum atomic E-state index is 0.309. The molecule has 0 spiro atoms. The maximum atomic E-state index is 5.50. The maximum absolute atomic E-state index is 5.50. The van der Waals surface area contributed by atoms with Crippen molar-refractivity contribution in [2.75, 3.05) is 5.43 Å². The van der Waals surface area contributed by atoms with E-state index < -0.39 is 0 Å². The molecule has 2 aromatic heterocycles. The van der Waals surface area contributed by atoms with Gasteiger partial charge in [-0.2, -0.15) is 0 Å². The molecule has 0 aliphatic heterocycles. The molecule has 0 aromatic carbocycles. The number of hydrogen-bond acceptors (Lipinski definition) is 5. The van der Waals surface area contributed by atoms with Crippen LogP contribution in [0.5, 0.6) is 0 Å². The second-order valence-electron chi connectivity index (χ2n) is 4.01. The first-order valence-corrected chi connectivity index (χ1v) is 6.24. The van der Waals surface area contributed by atoms with E-state index >= 15 is 0 Å². The standard InChI is InChI=1S/C11H16N4S/c1-4-7-5-8-10(15-12)13-9(6(2)3)14-11(8)16-7/h5-6H,4,12H2,1-3H3,(H,13,14,15). The second-order valence-corrected chi connectivity index (χ2v) is 5.13. The van der Waals surface area contributed by atoms with Gasteiger partial charge in [0.1, 0.15) is 10.7 Å². The summed E-state index contributed by atoms with van der Waals surface area (Å²) in [4.78, 5) is 11.3. The Labute approximate surface area is 98.9 Å². The zero-order valence-corrected chi connectivity index (χ0v) is 10.6. The highest BCUT2D eigenvalue weighted by molar-refractivity contribution is 7.18. The number of thiophene rings is 1. The fraction of sp³-hybridized carbons (Fsp3) is 0.455. The van der Waals surface area contributed by atoms with Crippen molar-refractivity contribution in [3.63, 3.8) is 0 Å². The summed E-state index contributed by atoms with van der Waals surface area (Å²) >= 11 is 1.71. The van der Waals surface area contributed by atoms with Gasteiger partial charge in [-0.1, -0.05) is 20.8 Å². The van der Waals surface area contributed by atoms with Crippen LogP contribution in [-0.2, 0) is 6.42 Å². The monoisotopic (exact) mass is 236 g/mol. The van der Waals surface area contributed by atoms with E-state index in [0.717, 1.165) is 28.3 Å². The van der Waals surface area contributed by atoms with Crippen LogP contribution >= 0.6 is 11.3 Å². The van der Waals surface area contributed by atoms with E-state index in [4.69, 9.17) is 5.84 Å². The van der Waals surface area contributed by atoms with Gasteiger partial charge in [-0.05, 0) is 12.5 Å². The van der Waals surface area contributed by atoms with Gasteiger partial charge in [0.15, 0.2) is 5.82 Å². The van der Waals surface area contributed by atoms with Gasteiger partial charge < -0.3 is 5.43 Å². The van der Waals surface area contributed by atoms with E-state index in [1.165, 1.54) is 4.88 Å². The number of nitrogens with zero attached hydrogens (tertiary/aromatic N) is 2. The Morgan fingerprint density at radius 2 is 2.19 bits per heavy atom. The van der Waals surface area contributed by atoms with Crippen molar-refractivity contribution in [2.24, 2.45) is 5.84 Å². The summed E-state index contributed by atoms with van der Waals surface area (Å²) in [6.07, 6.45) is 1.02. The highest BCUT2D eigenvalue weighted by Crippen LogP contribution is 2.30. The molecule has 0 saturated carbocycles. The first-order chi connectivity index (χ1) is 7.65. The Balaban J connectivity index is 2.66. The summed E-state index contributed by atoms with van der Waals surface area (Å²) in [7, 11) is 0. The van der Waals surface area contributed by atoms with Gasteiger partial charge in [0.2, 0.25) is 0 Å². The summed E-state index contributed by atoms with van der Waals surface area (Å²) in [6.45, 7) is 6.29. The van der Waals surface area contributed by atoms with E-state index in [0.29, 0.717) is 5.92 Å². The van der Waals surface area contributed by atoms with Crippen LogP contribution in [0.15, 0.2) is 6.07 Å². The highest BCUT2D eigenvalue weighted by atomic mass is 32.1. The Hall–Kier alpha value is -1.20. The fourth-order valence-corrected chi connectivity index (χ4v) is 2.50. The SMILES string of the molecule is CCc1cc2c(NN)nc(C(C)C)nc2s1. The van der Waals surface area contributed by atoms with Gasteiger partial charge in [-0.15, -0.1) is 11.3 Å². The predicted molar refractivity (Wildman–Crippen MR) is 68.7 cm³/mol. The predicted octanol–water partition coefficient (Wildman–Crippen LogP) is 2.66. The van der Waals surface area contributed by atoms with Crippen molar-refractivity contribution in [2.45, 2.75) is 33.1 Å². The molecule has 86 valence electrons. The Bertz CT molecular complexity index is 504. The molecule has 2 rings (SSSR count). The maximum Gasteiger partial charge on any atom is 0.152 e. The number of hydrogen-bond donors (Lipinski definition) is 2. The van der Waals surface area contributed by atoms with E-state index in [2.05, 4.69) is 42.2 Å². The molecule has 0 atom stereocenters. The van der Waals surface area contributed by atoms with Crippen molar-refractivity contribution >= 4 is 27.4 Å². The van der Waals surface area contributed by atoms with Crippen molar-refractivity contribution in [3.8, 4) is 0 Å². The molecule has 0 bridgehead atoms. The van der Waals surface area contributed by atoms with E-state index in [1.807, 2.05) is 0 Å². The quantitative estimate of drug-likeness (QED) is 0.635. The molecule has 5 heteroatoms. The van der Waals surface area contributed by atoms with Gasteiger partial charge in [0, 0.05) is 10.8 Å². The van der Waals surface area contributed by atoms with E-state index in [1.54, 1.807) is 11.3 Å². The molecule has 0 aliphatic carbocycles. The molecule has 4 nitrogen and oxygen atoms in total. The number of rotatable bonds is 3. The molecule has 2 aromatic rings. The molecular weight excluding hydrogens is 220 g/mol. The normalized spacial score (nSPS) is 11.3. The van der Waals surface area contributed by atoms with Crippen molar-refractivity contribution in [3.05, 3.63) is 16.8 Å². The Morgan fingerprint density at radius 1 is 1.44 bits per heavy atom. The van der Waals surface area contributed by atoms with E-state index in [9.17, 15) is 0 Å². The molecule has 2 heterocycles. The van der Waals surface area contributed by atoms with E-state index in [-0.39, 0.29) is 0 Å². The molecule has 0 aliphatic rings. The average Bonchev–Trinajstić information content (AvgIpc) is 2.70. The van der Waals surface area contributed by atoms with Crippen LogP contribution in [0.4, 0.5) is 5.82 Å². The molecule has 0 fully saturated rings. The molecule has 0 saturated heterocycles. The van der Waals surface area contributed by atoms with Crippen LogP contribution in [0, 0.1) is 0 Å². The fourth-order valence-electron chi connectivity index (χ4n) is 1.53. The largest absolute Gasteiger partial charge is 0.308 e. The number of hydrazine groups is 1. The highest BCUT2D eigenvalue weighted by Gasteiger charge is 2.12. The first kappa shape index (κ1) is 11.3. The summed E-state index contributed by atoms with van der Waals surface area (Å²) in [5.74, 6) is 7.37. The van der Waals surface area contributed by atoms with Gasteiger partial charge in [0.05, 0.1) is 5.39 Å². The third-order valence-electron chi connectivity index (χ3n) is 2.46. The minimum Gasteiger partial charge on any atom is -0.308 e. The van der Waals surface area contributed by atoms with Crippen LogP contribution < -0.4 is 11.3 Å². The van der Waals surface area contributed by atoms with Crippen molar-refractivity contribution < 1.29 is 0 Å². The number of anilines is 1. The second kappa shape index (κ2) is 4.35. The third kappa shape index (κ3) is 1.88. The molecule has 0 amide bonds. The smallest absolute Gasteiger partial charge is 0.152 e. The van der Waals surface area contributed by atoms with Gasteiger partial charge in [-0.25, -0.2) is 15.8 Å². The van der Waals surface area contributed by atoms with Crippen LogP contribution in [0.3, 0.4) is 0 Å². The molecule has 16 heavy (non-hydrogen) atoms. The van der Waals surface area contributed by atoms with Crippen LogP contribution in [-0.4, -0.2) is 9.97 Å². The summed E-state index contributed by atoms with van der Waals surface area (Å²) in [5, 5.41) is 1.02. The first-order valence-electron chi connectivity index (χ1n) is 5.42. The summed E-state index contributed by atoms with van der Waals surface area (Å²) < 4.78 is 0. The number of fused-ring (bicyclic) bond motifs is 1. The van der Waals surface area contributed by atoms with Gasteiger partial charge >= 0.3 is 0 Å².